The molecule has 0 saturated heterocycles. The SMILES string of the molecule is CN(C/C=C/COc1ccc(C(=O)c2ccc(Br)cc2)cc1)C1CC1.Cl. The van der Waals surface area contributed by atoms with Gasteiger partial charge < -0.3 is 4.74 Å². The van der Waals surface area contributed by atoms with Crippen LogP contribution in [0.2, 0.25) is 0 Å². The largest absolute Gasteiger partial charge is 0.490 e. The summed E-state index contributed by atoms with van der Waals surface area (Å²) in [6.07, 6.45) is 6.84. The summed E-state index contributed by atoms with van der Waals surface area (Å²) in [4.78, 5) is 14.8. The van der Waals surface area contributed by atoms with E-state index >= 15 is 0 Å². The van der Waals surface area contributed by atoms with Crippen LogP contribution in [-0.4, -0.2) is 36.9 Å². The third-order valence-corrected chi connectivity index (χ3v) is 4.83. The second kappa shape index (κ2) is 9.91. The fraction of sp³-hybridized carbons (Fsp3) is 0.286. The number of ether oxygens (including phenoxy) is 1. The number of hydrogen-bond acceptors (Lipinski definition) is 3. The van der Waals surface area contributed by atoms with Gasteiger partial charge in [-0.2, -0.15) is 0 Å². The summed E-state index contributed by atoms with van der Waals surface area (Å²) in [7, 11) is 2.16. The van der Waals surface area contributed by atoms with E-state index in [1.807, 2.05) is 54.6 Å². The van der Waals surface area contributed by atoms with Crippen LogP contribution in [0.25, 0.3) is 0 Å². The van der Waals surface area contributed by atoms with Crippen LogP contribution >= 0.6 is 28.3 Å². The molecule has 0 radical (unpaired) electrons. The zero-order valence-corrected chi connectivity index (χ0v) is 17.1. The lowest BCUT2D eigenvalue weighted by Gasteiger charge is -2.11. The van der Waals surface area contributed by atoms with Crippen molar-refractivity contribution in [2.75, 3.05) is 20.2 Å². The Bertz CT molecular complexity index is 740. The van der Waals surface area contributed by atoms with Crippen molar-refractivity contribution < 1.29 is 9.53 Å². The quantitative estimate of drug-likeness (QED) is 0.424. The normalized spacial score (nSPS) is 13.7. The van der Waals surface area contributed by atoms with Gasteiger partial charge in [0.1, 0.15) is 12.4 Å². The second-order valence-electron chi connectivity index (χ2n) is 6.31. The minimum absolute atomic E-state index is 0. The third-order valence-electron chi connectivity index (χ3n) is 4.30. The van der Waals surface area contributed by atoms with E-state index in [9.17, 15) is 4.79 Å². The third kappa shape index (κ3) is 5.97. The summed E-state index contributed by atoms with van der Waals surface area (Å²) in [5, 5.41) is 0. The van der Waals surface area contributed by atoms with Crippen molar-refractivity contribution in [2.24, 2.45) is 0 Å². The molecular weight excluding hydrogens is 414 g/mol. The molecule has 0 aromatic heterocycles. The van der Waals surface area contributed by atoms with Crippen LogP contribution in [0.15, 0.2) is 65.2 Å². The van der Waals surface area contributed by atoms with Gasteiger partial charge in [-0.05, 0) is 68.4 Å². The molecule has 1 aliphatic carbocycles. The maximum absolute atomic E-state index is 12.4. The first-order valence-electron chi connectivity index (χ1n) is 8.52. The van der Waals surface area contributed by atoms with Crippen LogP contribution in [0.5, 0.6) is 5.75 Å². The van der Waals surface area contributed by atoms with Crippen molar-refractivity contribution in [2.45, 2.75) is 18.9 Å². The Morgan fingerprint density at radius 2 is 1.65 bits per heavy atom. The molecule has 0 heterocycles. The minimum atomic E-state index is 0. The zero-order chi connectivity index (χ0) is 17.6. The molecule has 2 aromatic rings. The number of benzene rings is 2. The molecule has 0 aliphatic heterocycles. The monoisotopic (exact) mass is 435 g/mol. The van der Waals surface area contributed by atoms with E-state index in [0.717, 1.165) is 22.8 Å². The van der Waals surface area contributed by atoms with Crippen LogP contribution in [-0.2, 0) is 0 Å². The zero-order valence-electron chi connectivity index (χ0n) is 14.7. The highest BCUT2D eigenvalue weighted by atomic mass is 79.9. The number of hydrogen-bond donors (Lipinski definition) is 0. The lowest BCUT2D eigenvalue weighted by atomic mass is 10.0. The average Bonchev–Trinajstić information content (AvgIpc) is 3.47. The summed E-state index contributed by atoms with van der Waals surface area (Å²) in [6, 6.07) is 15.5. The van der Waals surface area contributed by atoms with Crippen molar-refractivity contribution in [3.63, 3.8) is 0 Å². The van der Waals surface area contributed by atoms with Gasteiger partial charge in [0, 0.05) is 28.2 Å². The fourth-order valence-electron chi connectivity index (χ4n) is 2.59. The van der Waals surface area contributed by atoms with Crippen molar-refractivity contribution in [3.8, 4) is 5.75 Å². The molecular formula is C21H23BrClNO2. The predicted octanol–water partition coefficient (Wildman–Crippen LogP) is 5.13. The standard InChI is InChI=1S/C21H22BrNO2.ClH/c1-23(19-10-11-19)14-2-3-15-25-20-12-6-17(7-13-20)21(24)16-4-8-18(22)9-5-16;/h2-9,12-13,19H,10-11,14-15H2,1H3;1H/b3-2+;. The Kier molecular flexibility index (Phi) is 7.88. The van der Waals surface area contributed by atoms with Crippen LogP contribution in [0.3, 0.4) is 0 Å². The molecule has 0 bridgehead atoms. The maximum Gasteiger partial charge on any atom is 0.193 e. The van der Waals surface area contributed by atoms with E-state index in [4.69, 9.17) is 4.74 Å². The smallest absolute Gasteiger partial charge is 0.193 e. The molecule has 5 heteroatoms. The van der Waals surface area contributed by atoms with E-state index in [1.165, 1.54) is 12.8 Å². The number of ketones is 1. The first kappa shape index (κ1) is 20.7. The predicted molar refractivity (Wildman–Crippen MR) is 112 cm³/mol. The molecule has 0 unspecified atom stereocenters. The maximum atomic E-state index is 12.4. The lowest BCUT2D eigenvalue weighted by molar-refractivity contribution is 0.103. The molecule has 2 aromatic carbocycles. The van der Waals surface area contributed by atoms with Crippen LogP contribution in [0.4, 0.5) is 0 Å². The molecule has 0 amide bonds. The first-order chi connectivity index (χ1) is 12.1. The van der Waals surface area contributed by atoms with Crippen molar-refractivity contribution >= 4 is 34.1 Å². The Labute approximate surface area is 169 Å². The molecule has 1 saturated carbocycles. The Morgan fingerprint density at radius 3 is 2.23 bits per heavy atom. The molecule has 0 atom stereocenters. The molecule has 3 rings (SSSR count). The first-order valence-corrected chi connectivity index (χ1v) is 9.31. The number of rotatable bonds is 8. The minimum Gasteiger partial charge on any atom is -0.490 e. The van der Waals surface area contributed by atoms with Gasteiger partial charge in [0.2, 0.25) is 0 Å². The molecule has 0 spiro atoms. The molecule has 0 N–H and O–H groups in total. The summed E-state index contributed by atoms with van der Waals surface area (Å²) in [6.45, 7) is 1.51. The summed E-state index contributed by atoms with van der Waals surface area (Å²) in [5.41, 5.74) is 1.34. The molecule has 138 valence electrons. The van der Waals surface area contributed by atoms with Gasteiger partial charge in [-0.15, -0.1) is 12.4 Å². The molecule has 26 heavy (non-hydrogen) atoms. The van der Waals surface area contributed by atoms with E-state index in [1.54, 1.807) is 0 Å². The Balaban J connectivity index is 0.00000243. The summed E-state index contributed by atoms with van der Waals surface area (Å²) < 4.78 is 6.66. The number of nitrogens with zero attached hydrogens (tertiary/aromatic N) is 1. The van der Waals surface area contributed by atoms with E-state index in [0.29, 0.717) is 17.7 Å². The van der Waals surface area contributed by atoms with Gasteiger partial charge in [0.25, 0.3) is 0 Å². The number of likely N-dealkylation sites (N-methyl/N-ethyl adjacent to an activating group) is 1. The van der Waals surface area contributed by atoms with Gasteiger partial charge in [0.05, 0.1) is 0 Å². The van der Waals surface area contributed by atoms with Crippen LogP contribution < -0.4 is 4.74 Å². The molecule has 3 nitrogen and oxygen atoms in total. The fourth-order valence-corrected chi connectivity index (χ4v) is 2.85. The highest BCUT2D eigenvalue weighted by Gasteiger charge is 2.24. The lowest BCUT2D eigenvalue weighted by Crippen LogP contribution is -2.20. The average molecular weight is 437 g/mol. The van der Waals surface area contributed by atoms with Crippen LogP contribution in [0, 0.1) is 0 Å². The van der Waals surface area contributed by atoms with Crippen molar-refractivity contribution in [1.29, 1.82) is 0 Å². The number of carbonyl (C=O) groups is 1. The number of halogens is 2. The van der Waals surface area contributed by atoms with Gasteiger partial charge in [0.15, 0.2) is 5.78 Å². The highest BCUT2D eigenvalue weighted by molar-refractivity contribution is 9.10. The van der Waals surface area contributed by atoms with E-state index in [2.05, 4.69) is 34.0 Å². The number of carbonyl (C=O) groups excluding carboxylic acids is 1. The summed E-state index contributed by atoms with van der Waals surface area (Å²) >= 11 is 3.38. The van der Waals surface area contributed by atoms with Gasteiger partial charge >= 0.3 is 0 Å². The Hall–Kier alpha value is -1.62. The van der Waals surface area contributed by atoms with E-state index < -0.39 is 0 Å². The van der Waals surface area contributed by atoms with Crippen molar-refractivity contribution in [1.82, 2.24) is 4.90 Å². The summed E-state index contributed by atoms with van der Waals surface area (Å²) in [5.74, 6) is 0.787. The van der Waals surface area contributed by atoms with Crippen LogP contribution in [0.1, 0.15) is 28.8 Å². The van der Waals surface area contributed by atoms with E-state index in [-0.39, 0.29) is 18.2 Å². The topological polar surface area (TPSA) is 29.5 Å². The van der Waals surface area contributed by atoms with Gasteiger partial charge in [-0.25, -0.2) is 0 Å². The van der Waals surface area contributed by atoms with Crippen molar-refractivity contribution in [3.05, 3.63) is 76.3 Å². The molecule has 1 fully saturated rings. The highest BCUT2D eigenvalue weighted by Crippen LogP contribution is 2.24. The Morgan fingerprint density at radius 1 is 1.08 bits per heavy atom. The second-order valence-corrected chi connectivity index (χ2v) is 7.23. The van der Waals surface area contributed by atoms with Gasteiger partial charge in [-0.1, -0.05) is 28.1 Å². The van der Waals surface area contributed by atoms with Gasteiger partial charge in [-0.3, -0.25) is 9.69 Å². The molecule has 1 aliphatic rings.